The van der Waals surface area contributed by atoms with Crippen LogP contribution in [-0.2, 0) is 9.47 Å². The summed E-state index contributed by atoms with van der Waals surface area (Å²) in [7, 11) is 1.89. The molecule has 5 nitrogen and oxygen atoms in total. The second kappa shape index (κ2) is 8.05. The van der Waals surface area contributed by atoms with Gasteiger partial charge in [-0.25, -0.2) is 0 Å². The van der Waals surface area contributed by atoms with Crippen LogP contribution >= 0.6 is 0 Å². The van der Waals surface area contributed by atoms with Crippen LogP contribution < -0.4 is 5.32 Å². The van der Waals surface area contributed by atoms with Crippen molar-refractivity contribution in [2.45, 2.75) is 64.6 Å². The van der Waals surface area contributed by atoms with Gasteiger partial charge in [-0.3, -0.25) is 4.99 Å². The normalized spacial score (nSPS) is 30.1. The van der Waals surface area contributed by atoms with Gasteiger partial charge in [0.25, 0.3) is 0 Å². The zero-order chi connectivity index (χ0) is 17.0. The van der Waals surface area contributed by atoms with Gasteiger partial charge in [0.1, 0.15) is 6.10 Å². The predicted octanol–water partition coefficient (Wildman–Crippen LogP) is 2.66. The molecule has 3 rings (SSSR count). The Morgan fingerprint density at radius 2 is 1.83 bits per heavy atom. The van der Waals surface area contributed by atoms with Crippen molar-refractivity contribution in [2.75, 3.05) is 39.9 Å². The molecule has 0 aromatic heterocycles. The molecule has 1 N–H and O–H groups in total. The average Bonchev–Trinajstić information content (AvgIpc) is 3.29. The van der Waals surface area contributed by atoms with E-state index < -0.39 is 0 Å². The van der Waals surface area contributed by atoms with E-state index in [4.69, 9.17) is 9.47 Å². The molecule has 0 radical (unpaired) electrons. The van der Waals surface area contributed by atoms with E-state index in [0.717, 1.165) is 57.6 Å². The third-order valence-electron chi connectivity index (χ3n) is 6.15. The standard InChI is InChI=1S/C19H35N3O2/c1-19(2,15-7-4-5-8-15)14-21-18(20-3)22-10-12-24-17(13-22)16-9-6-11-23-16/h15-17H,4-14H2,1-3H3,(H,20,21). The number of rotatable bonds is 4. The summed E-state index contributed by atoms with van der Waals surface area (Å²) in [6, 6.07) is 0. The number of hydrogen-bond donors (Lipinski definition) is 1. The Hall–Kier alpha value is -0.810. The van der Waals surface area contributed by atoms with Gasteiger partial charge < -0.3 is 19.7 Å². The highest BCUT2D eigenvalue weighted by Crippen LogP contribution is 2.39. The van der Waals surface area contributed by atoms with Gasteiger partial charge in [0, 0.05) is 33.3 Å². The highest BCUT2D eigenvalue weighted by atomic mass is 16.5. The second-order valence-corrected chi connectivity index (χ2v) is 8.28. The van der Waals surface area contributed by atoms with Gasteiger partial charge in [-0.2, -0.15) is 0 Å². The van der Waals surface area contributed by atoms with E-state index in [9.17, 15) is 0 Å². The maximum absolute atomic E-state index is 5.96. The van der Waals surface area contributed by atoms with Crippen LogP contribution in [0, 0.1) is 11.3 Å². The summed E-state index contributed by atoms with van der Waals surface area (Å²) in [4.78, 5) is 6.89. The Kier molecular flexibility index (Phi) is 6.03. The Morgan fingerprint density at radius 1 is 1.08 bits per heavy atom. The van der Waals surface area contributed by atoms with Crippen molar-refractivity contribution in [3.8, 4) is 0 Å². The third-order valence-corrected chi connectivity index (χ3v) is 6.15. The summed E-state index contributed by atoms with van der Waals surface area (Å²) in [6.45, 7) is 9.23. The Bertz CT molecular complexity index is 426. The van der Waals surface area contributed by atoms with E-state index in [2.05, 4.69) is 29.1 Å². The van der Waals surface area contributed by atoms with Crippen LogP contribution in [0.25, 0.3) is 0 Å². The molecule has 24 heavy (non-hydrogen) atoms. The van der Waals surface area contributed by atoms with Crippen molar-refractivity contribution in [1.82, 2.24) is 10.2 Å². The first-order valence-electron chi connectivity index (χ1n) is 9.79. The second-order valence-electron chi connectivity index (χ2n) is 8.28. The molecule has 2 heterocycles. The highest BCUT2D eigenvalue weighted by molar-refractivity contribution is 5.80. The molecular weight excluding hydrogens is 302 g/mol. The van der Waals surface area contributed by atoms with Crippen LogP contribution in [0.4, 0.5) is 0 Å². The van der Waals surface area contributed by atoms with Crippen LogP contribution in [0.1, 0.15) is 52.4 Å². The molecule has 0 aromatic rings. The molecule has 5 heteroatoms. The molecule has 0 bridgehead atoms. The summed E-state index contributed by atoms with van der Waals surface area (Å²) < 4.78 is 11.8. The van der Waals surface area contributed by atoms with Crippen LogP contribution in [0.3, 0.4) is 0 Å². The molecule has 3 aliphatic rings. The minimum atomic E-state index is 0.183. The topological polar surface area (TPSA) is 46.1 Å². The van der Waals surface area contributed by atoms with E-state index >= 15 is 0 Å². The average molecular weight is 338 g/mol. The number of morpholine rings is 1. The lowest BCUT2D eigenvalue weighted by atomic mass is 9.78. The van der Waals surface area contributed by atoms with Gasteiger partial charge in [0.2, 0.25) is 0 Å². The monoisotopic (exact) mass is 337 g/mol. The zero-order valence-corrected chi connectivity index (χ0v) is 15.7. The molecule has 0 spiro atoms. The van der Waals surface area contributed by atoms with Crippen LogP contribution in [0.5, 0.6) is 0 Å². The van der Waals surface area contributed by atoms with Crippen molar-refractivity contribution in [1.29, 1.82) is 0 Å². The van der Waals surface area contributed by atoms with Gasteiger partial charge in [-0.05, 0) is 37.0 Å². The molecule has 138 valence electrons. The van der Waals surface area contributed by atoms with Gasteiger partial charge in [-0.1, -0.05) is 26.7 Å². The summed E-state index contributed by atoms with van der Waals surface area (Å²) in [5.74, 6) is 1.86. The lowest BCUT2D eigenvalue weighted by molar-refractivity contribution is -0.0817. The first-order chi connectivity index (χ1) is 11.6. The zero-order valence-electron chi connectivity index (χ0n) is 15.7. The number of nitrogens with zero attached hydrogens (tertiary/aromatic N) is 2. The Labute approximate surface area is 147 Å². The Morgan fingerprint density at radius 3 is 2.50 bits per heavy atom. The van der Waals surface area contributed by atoms with Crippen molar-refractivity contribution in [3.05, 3.63) is 0 Å². The molecule has 2 aliphatic heterocycles. The number of aliphatic imine (C=N–C) groups is 1. The first kappa shape index (κ1) is 18.0. The van der Waals surface area contributed by atoms with Gasteiger partial charge >= 0.3 is 0 Å². The molecule has 1 aliphatic carbocycles. The molecule has 2 unspecified atom stereocenters. The van der Waals surface area contributed by atoms with Crippen molar-refractivity contribution < 1.29 is 9.47 Å². The maximum atomic E-state index is 5.96. The quantitative estimate of drug-likeness (QED) is 0.633. The van der Waals surface area contributed by atoms with Crippen LogP contribution in [0.15, 0.2) is 4.99 Å². The largest absolute Gasteiger partial charge is 0.375 e. The summed E-state index contributed by atoms with van der Waals surface area (Å²) in [5.41, 5.74) is 0.326. The van der Waals surface area contributed by atoms with E-state index in [1.807, 2.05) is 7.05 Å². The van der Waals surface area contributed by atoms with Gasteiger partial charge in [0.05, 0.1) is 12.7 Å². The molecule has 3 fully saturated rings. The molecule has 2 saturated heterocycles. The van der Waals surface area contributed by atoms with Crippen molar-refractivity contribution in [2.24, 2.45) is 16.3 Å². The lowest BCUT2D eigenvalue weighted by Crippen LogP contribution is -2.54. The van der Waals surface area contributed by atoms with E-state index in [1.54, 1.807) is 0 Å². The minimum absolute atomic E-state index is 0.183. The molecule has 2 atom stereocenters. The van der Waals surface area contributed by atoms with Gasteiger partial charge in [0.15, 0.2) is 5.96 Å². The molecule has 0 aromatic carbocycles. The van der Waals surface area contributed by atoms with Crippen LogP contribution in [-0.4, -0.2) is 63.0 Å². The smallest absolute Gasteiger partial charge is 0.193 e. The van der Waals surface area contributed by atoms with Crippen LogP contribution in [0.2, 0.25) is 0 Å². The summed E-state index contributed by atoms with van der Waals surface area (Å²) >= 11 is 0. The minimum Gasteiger partial charge on any atom is -0.375 e. The fraction of sp³-hybridized carbons (Fsp3) is 0.947. The number of guanidine groups is 1. The molecule has 0 amide bonds. The molecular formula is C19H35N3O2. The molecule has 1 saturated carbocycles. The predicted molar refractivity (Wildman–Crippen MR) is 97.4 cm³/mol. The van der Waals surface area contributed by atoms with Crippen molar-refractivity contribution >= 4 is 5.96 Å². The fourth-order valence-electron chi connectivity index (χ4n) is 4.48. The maximum Gasteiger partial charge on any atom is 0.193 e. The first-order valence-corrected chi connectivity index (χ1v) is 9.79. The summed E-state index contributed by atoms with van der Waals surface area (Å²) in [6.07, 6.45) is 8.29. The summed E-state index contributed by atoms with van der Waals surface area (Å²) in [5, 5.41) is 3.65. The van der Waals surface area contributed by atoms with E-state index in [0.29, 0.717) is 5.41 Å². The van der Waals surface area contributed by atoms with Gasteiger partial charge in [-0.15, -0.1) is 0 Å². The SMILES string of the molecule is CN=C(NCC(C)(C)C1CCCC1)N1CCOC(C2CCCO2)C1. The third kappa shape index (κ3) is 4.23. The van der Waals surface area contributed by atoms with Crippen molar-refractivity contribution in [3.63, 3.8) is 0 Å². The van der Waals surface area contributed by atoms with E-state index in [-0.39, 0.29) is 12.2 Å². The lowest BCUT2D eigenvalue weighted by Gasteiger charge is -2.39. The van der Waals surface area contributed by atoms with E-state index in [1.165, 1.54) is 25.7 Å². The number of nitrogens with one attached hydrogen (secondary N) is 1. The number of ether oxygens (including phenoxy) is 2. The Balaban J connectivity index is 1.53. The fourth-order valence-corrected chi connectivity index (χ4v) is 4.48. The number of hydrogen-bond acceptors (Lipinski definition) is 3. The highest BCUT2D eigenvalue weighted by Gasteiger charge is 2.34.